The Hall–Kier alpha value is -2.04. The number of carbonyl (C=O) groups excluding carboxylic acids is 2. The van der Waals surface area contributed by atoms with E-state index >= 15 is 0 Å². The quantitative estimate of drug-likeness (QED) is 0.815. The maximum absolute atomic E-state index is 12.3. The zero-order valence-corrected chi connectivity index (χ0v) is 12.9. The molecule has 5 nitrogen and oxygen atoms in total. The summed E-state index contributed by atoms with van der Waals surface area (Å²) < 4.78 is 0. The fourth-order valence-electron chi connectivity index (χ4n) is 3.31. The molecule has 1 aliphatic carbocycles. The van der Waals surface area contributed by atoms with Crippen LogP contribution in [0, 0.1) is 12.3 Å². The van der Waals surface area contributed by atoms with Gasteiger partial charge in [-0.3, -0.25) is 4.79 Å². The zero-order valence-electron chi connectivity index (χ0n) is 12.9. The number of carbonyl (C=O) groups is 2. The van der Waals surface area contributed by atoms with Crippen molar-refractivity contribution in [3.63, 3.8) is 0 Å². The first-order valence-corrected chi connectivity index (χ1v) is 7.70. The monoisotopic (exact) mass is 304 g/mol. The number of aromatic hydroxyl groups is 1. The highest BCUT2D eigenvalue weighted by molar-refractivity contribution is 5.93. The number of aliphatic carboxylic acids is 1. The molecule has 2 N–H and O–H groups in total. The van der Waals surface area contributed by atoms with Gasteiger partial charge in [0.25, 0.3) is 0 Å². The Bertz CT molecular complexity index is 562. The number of benzene rings is 1. The van der Waals surface area contributed by atoms with Crippen LogP contribution in [0.3, 0.4) is 0 Å². The summed E-state index contributed by atoms with van der Waals surface area (Å²) in [6.07, 6.45) is 4.49. The van der Waals surface area contributed by atoms with E-state index in [0.717, 1.165) is 37.7 Å². The second-order valence-corrected chi connectivity index (χ2v) is 6.36. The van der Waals surface area contributed by atoms with Crippen molar-refractivity contribution in [3.05, 3.63) is 23.8 Å². The number of rotatable bonds is 5. The second kappa shape index (κ2) is 6.81. The number of hydrogen-bond donors (Lipinski definition) is 2. The summed E-state index contributed by atoms with van der Waals surface area (Å²) in [5.41, 5.74) is 0.743. The summed E-state index contributed by atoms with van der Waals surface area (Å²) in [5, 5.41) is 23.5. The molecule has 1 aliphatic rings. The molecule has 0 heterocycles. The lowest BCUT2D eigenvalue weighted by Crippen LogP contribution is -2.36. The molecule has 0 aromatic heterocycles. The maximum Gasteiger partial charge on any atom is 0.225 e. The molecule has 1 fully saturated rings. The summed E-state index contributed by atoms with van der Waals surface area (Å²) in [6.45, 7) is 1.85. The highest BCUT2D eigenvalue weighted by atomic mass is 16.4. The number of carboxylic acid groups (broad SMARTS) is 1. The van der Waals surface area contributed by atoms with E-state index in [1.54, 1.807) is 18.2 Å². The molecule has 0 aliphatic heterocycles. The fraction of sp³-hybridized carbons (Fsp3) is 0.529. The molecule has 0 unspecified atom stereocenters. The van der Waals surface area contributed by atoms with Crippen molar-refractivity contribution in [2.45, 2.75) is 51.9 Å². The Morgan fingerprint density at radius 1 is 1.23 bits per heavy atom. The van der Waals surface area contributed by atoms with Crippen LogP contribution in [0.2, 0.25) is 0 Å². The van der Waals surface area contributed by atoms with E-state index in [4.69, 9.17) is 0 Å². The van der Waals surface area contributed by atoms with Gasteiger partial charge in [0, 0.05) is 12.4 Å². The smallest absolute Gasteiger partial charge is 0.225 e. The van der Waals surface area contributed by atoms with E-state index in [0.29, 0.717) is 5.69 Å². The van der Waals surface area contributed by atoms with E-state index in [1.807, 2.05) is 6.92 Å². The van der Waals surface area contributed by atoms with Gasteiger partial charge in [-0.25, -0.2) is 0 Å². The second-order valence-electron chi connectivity index (χ2n) is 6.36. The van der Waals surface area contributed by atoms with Crippen LogP contribution in [0.4, 0.5) is 5.69 Å². The van der Waals surface area contributed by atoms with E-state index in [-0.39, 0.29) is 24.5 Å². The normalized spacial score (nSPS) is 17.0. The molecular weight excluding hydrogens is 282 g/mol. The Balaban J connectivity index is 2.06. The highest BCUT2D eigenvalue weighted by Crippen LogP contribution is 2.42. The van der Waals surface area contributed by atoms with Gasteiger partial charge >= 0.3 is 0 Å². The molecule has 1 aromatic carbocycles. The molecule has 120 valence electrons. The van der Waals surface area contributed by atoms with Gasteiger partial charge in [0.2, 0.25) is 5.91 Å². The summed E-state index contributed by atoms with van der Waals surface area (Å²) in [5.74, 6) is -1.35. The van der Waals surface area contributed by atoms with Crippen molar-refractivity contribution in [2.75, 3.05) is 5.32 Å². The zero-order chi connectivity index (χ0) is 16.2. The molecule has 0 bridgehead atoms. The van der Waals surface area contributed by atoms with Crippen LogP contribution >= 0.6 is 0 Å². The van der Waals surface area contributed by atoms with Gasteiger partial charge in [0.05, 0.1) is 5.69 Å². The summed E-state index contributed by atoms with van der Waals surface area (Å²) in [6, 6.07) is 5.02. The van der Waals surface area contributed by atoms with Crippen molar-refractivity contribution < 1.29 is 19.8 Å². The average Bonchev–Trinajstić information content (AvgIpc) is 2.42. The first kappa shape index (κ1) is 16.3. The number of nitrogens with one attached hydrogen (secondary N) is 1. The average molecular weight is 304 g/mol. The van der Waals surface area contributed by atoms with E-state index in [9.17, 15) is 19.8 Å². The lowest BCUT2D eigenvalue weighted by atomic mass is 9.69. The lowest BCUT2D eigenvalue weighted by Gasteiger charge is -2.37. The van der Waals surface area contributed by atoms with E-state index < -0.39 is 11.4 Å². The molecule has 1 aromatic rings. The number of hydrogen-bond acceptors (Lipinski definition) is 4. The molecule has 0 spiro atoms. The summed E-state index contributed by atoms with van der Waals surface area (Å²) in [7, 11) is 0. The van der Waals surface area contributed by atoms with Crippen molar-refractivity contribution in [2.24, 2.45) is 5.41 Å². The molecular formula is C17H22NO4-. The summed E-state index contributed by atoms with van der Waals surface area (Å²) >= 11 is 0. The first-order valence-electron chi connectivity index (χ1n) is 7.70. The Kier molecular flexibility index (Phi) is 5.06. The van der Waals surface area contributed by atoms with Crippen LogP contribution in [0.5, 0.6) is 5.75 Å². The third-order valence-corrected chi connectivity index (χ3v) is 4.40. The lowest BCUT2D eigenvalue weighted by molar-refractivity contribution is -0.308. The molecule has 1 amide bonds. The predicted molar refractivity (Wildman–Crippen MR) is 81.2 cm³/mol. The van der Waals surface area contributed by atoms with Gasteiger partial charge in [-0.15, -0.1) is 0 Å². The number of amides is 1. The molecule has 22 heavy (non-hydrogen) atoms. The van der Waals surface area contributed by atoms with Gasteiger partial charge in [0.15, 0.2) is 0 Å². The van der Waals surface area contributed by atoms with Crippen LogP contribution < -0.4 is 10.4 Å². The minimum Gasteiger partial charge on any atom is -0.550 e. The molecule has 0 saturated heterocycles. The molecule has 5 heteroatoms. The van der Waals surface area contributed by atoms with Crippen LogP contribution in [0.15, 0.2) is 18.2 Å². The predicted octanol–water partition coefficient (Wildman–Crippen LogP) is 2.12. The standard InChI is InChI=1S/C17H23NO4/c1-12-5-6-13(14(19)9-12)18-15(20)10-17(11-16(21)22)7-3-2-4-8-17/h5-6,9,19H,2-4,7-8,10-11H2,1H3,(H,18,20)(H,21,22)/p-1. The van der Waals surface area contributed by atoms with Crippen LogP contribution in [-0.4, -0.2) is 17.0 Å². The Morgan fingerprint density at radius 2 is 1.91 bits per heavy atom. The summed E-state index contributed by atoms with van der Waals surface area (Å²) in [4.78, 5) is 23.3. The largest absolute Gasteiger partial charge is 0.550 e. The van der Waals surface area contributed by atoms with Crippen molar-refractivity contribution in [1.82, 2.24) is 0 Å². The minimum absolute atomic E-state index is 0.0194. The van der Waals surface area contributed by atoms with Crippen molar-refractivity contribution >= 4 is 17.6 Å². The van der Waals surface area contributed by atoms with Gasteiger partial charge in [-0.2, -0.15) is 0 Å². The minimum atomic E-state index is -1.10. The topological polar surface area (TPSA) is 89.5 Å². The van der Waals surface area contributed by atoms with Gasteiger partial charge in [-0.05, 0) is 49.3 Å². The van der Waals surface area contributed by atoms with Gasteiger partial charge in [-0.1, -0.05) is 25.3 Å². The Labute approximate surface area is 130 Å². The van der Waals surface area contributed by atoms with Crippen molar-refractivity contribution in [3.8, 4) is 5.75 Å². The number of phenols is 1. The van der Waals surface area contributed by atoms with Crippen LogP contribution in [0.1, 0.15) is 50.5 Å². The SMILES string of the molecule is Cc1ccc(NC(=O)CC2(CC(=O)[O-])CCCCC2)c(O)c1. The molecule has 2 rings (SSSR count). The molecule has 0 atom stereocenters. The van der Waals surface area contributed by atoms with Gasteiger partial charge in [0.1, 0.15) is 5.75 Å². The van der Waals surface area contributed by atoms with Crippen molar-refractivity contribution in [1.29, 1.82) is 0 Å². The molecule has 0 radical (unpaired) electrons. The number of carboxylic acids is 1. The maximum atomic E-state index is 12.3. The number of anilines is 1. The number of phenolic OH excluding ortho intramolecular Hbond substituents is 1. The highest BCUT2D eigenvalue weighted by Gasteiger charge is 2.34. The first-order chi connectivity index (χ1) is 10.4. The van der Waals surface area contributed by atoms with Gasteiger partial charge < -0.3 is 20.3 Å². The van der Waals surface area contributed by atoms with Crippen LogP contribution in [-0.2, 0) is 9.59 Å². The third kappa shape index (κ3) is 4.23. The Morgan fingerprint density at radius 3 is 2.50 bits per heavy atom. The van der Waals surface area contributed by atoms with E-state index in [1.165, 1.54) is 0 Å². The van der Waals surface area contributed by atoms with E-state index in [2.05, 4.69) is 5.32 Å². The van der Waals surface area contributed by atoms with Crippen LogP contribution in [0.25, 0.3) is 0 Å². The molecule has 1 saturated carbocycles. The number of aryl methyl sites for hydroxylation is 1. The third-order valence-electron chi connectivity index (χ3n) is 4.40. The fourth-order valence-corrected chi connectivity index (χ4v) is 3.31.